The number of ether oxygens (including phenoxy) is 11. The van der Waals surface area contributed by atoms with Crippen molar-refractivity contribution in [1.82, 2.24) is 0 Å². The van der Waals surface area contributed by atoms with Gasteiger partial charge in [-0.15, -0.1) is 0 Å². The standard InChI is InChI=1S/C29H43NO18/c1-13(31)39-11-20-22(41-14(2)32)24(43-16(4)34)26(38-10-8-9-30)28(47-20)40-12-21-23(42-15(3)33)25(44-17(5)35)27(45-18(6)36)29(48-21)46-19(7)37/h20-29H,8-12,30H2,1-7H3/t20-,21-,22-,23-,24+,25+,26-,27-,28-,29-/m1/s1. The van der Waals surface area contributed by atoms with Gasteiger partial charge in [0, 0.05) is 55.1 Å². The lowest BCUT2D eigenvalue weighted by molar-refractivity contribution is -0.334. The first-order valence-corrected chi connectivity index (χ1v) is 14.9. The fourth-order valence-electron chi connectivity index (χ4n) is 4.92. The zero-order chi connectivity index (χ0) is 36.1. The summed E-state index contributed by atoms with van der Waals surface area (Å²) >= 11 is 0. The molecule has 0 aromatic rings. The zero-order valence-corrected chi connectivity index (χ0v) is 27.7. The van der Waals surface area contributed by atoms with Gasteiger partial charge in [-0.3, -0.25) is 33.6 Å². The van der Waals surface area contributed by atoms with Gasteiger partial charge in [0.2, 0.25) is 12.4 Å². The summed E-state index contributed by atoms with van der Waals surface area (Å²) < 4.78 is 61.2. The highest BCUT2D eigenvalue weighted by Crippen LogP contribution is 2.33. The van der Waals surface area contributed by atoms with Crippen molar-refractivity contribution in [2.75, 3.05) is 26.4 Å². The number of hydrogen-bond donors (Lipinski definition) is 1. The molecule has 0 radical (unpaired) electrons. The van der Waals surface area contributed by atoms with Crippen molar-refractivity contribution in [3.05, 3.63) is 0 Å². The molecule has 2 saturated heterocycles. The van der Waals surface area contributed by atoms with Crippen molar-refractivity contribution < 1.29 is 85.7 Å². The van der Waals surface area contributed by atoms with Crippen molar-refractivity contribution in [1.29, 1.82) is 0 Å². The molecule has 0 spiro atoms. The maximum atomic E-state index is 12.2. The van der Waals surface area contributed by atoms with Crippen LogP contribution in [-0.4, -0.2) is 130 Å². The van der Waals surface area contributed by atoms with Gasteiger partial charge >= 0.3 is 41.8 Å². The lowest BCUT2D eigenvalue weighted by Crippen LogP contribution is -2.65. The largest absolute Gasteiger partial charge is 0.463 e. The van der Waals surface area contributed by atoms with Crippen LogP contribution in [0.25, 0.3) is 0 Å². The molecule has 0 aromatic heterocycles. The number of nitrogens with two attached hydrogens (primary N) is 1. The highest BCUT2D eigenvalue weighted by molar-refractivity contribution is 5.69. The summed E-state index contributed by atoms with van der Waals surface area (Å²) in [6.07, 6.45) is -14.1. The summed E-state index contributed by atoms with van der Waals surface area (Å²) in [6, 6.07) is 0. The Morgan fingerprint density at radius 2 is 0.896 bits per heavy atom. The summed E-state index contributed by atoms with van der Waals surface area (Å²) in [6.45, 7) is 6.75. The van der Waals surface area contributed by atoms with Gasteiger partial charge in [-0.1, -0.05) is 0 Å². The topological polar surface area (TPSA) is 247 Å². The van der Waals surface area contributed by atoms with Crippen LogP contribution in [0.4, 0.5) is 0 Å². The maximum Gasteiger partial charge on any atom is 0.305 e. The van der Waals surface area contributed by atoms with Gasteiger partial charge in [0.05, 0.1) is 6.61 Å². The van der Waals surface area contributed by atoms with Gasteiger partial charge in [0.25, 0.3) is 0 Å². The molecule has 2 N–H and O–H groups in total. The Morgan fingerprint density at radius 1 is 0.479 bits per heavy atom. The maximum absolute atomic E-state index is 12.2. The lowest BCUT2D eigenvalue weighted by Gasteiger charge is -2.46. The molecule has 2 aliphatic rings. The Labute approximate surface area is 276 Å². The molecule has 0 amide bonds. The van der Waals surface area contributed by atoms with Gasteiger partial charge < -0.3 is 57.8 Å². The molecule has 272 valence electrons. The highest BCUT2D eigenvalue weighted by Gasteiger charge is 2.55. The second-order valence-corrected chi connectivity index (χ2v) is 10.7. The average Bonchev–Trinajstić information content (AvgIpc) is 2.95. The van der Waals surface area contributed by atoms with E-state index in [-0.39, 0.29) is 13.2 Å². The van der Waals surface area contributed by atoms with E-state index in [4.69, 9.17) is 57.8 Å². The molecule has 2 aliphatic heterocycles. The first kappa shape index (κ1) is 40.3. The van der Waals surface area contributed by atoms with Gasteiger partial charge in [-0.25, -0.2) is 0 Å². The summed E-state index contributed by atoms with van der Waals surface area (Å²) in [5, 5.41) is 0. The number of rotatable bonds is 15. The SMILES string of the molecule is CC(=O)OC[C@H]1O[C@@H](OC[C@H]2O[C@@H](OC(C)=O)[C@H](OC(C)=O)[C@@H](OC(C)=O)[C@@H]2OC(C)=O)[C@H](OCCCN)[C@@H](OC(C)=O)[C@@H]1OC(C)=O. The van der Waals surface area contributed by atoms with Crippen LogP contribution in [0.3, 0.4) is 0 Å². The van der Waals surface area contributed by atoms with E-state index in [0.29, 0.717) is 6.42 Å². The van der Waals surface area contributed by atoms with Crippen molar-refractivity contribution in [3.8, 4) is 0 Å². The number of carbonyl (C=O) groups is 7. The molecule has 0 aromatic carbocycles. The quantitative estimate of drug-likeness (QED) is 0.122. The molecule has 2 fully saturated rings. The normalized spacial score (nSPS) is 29.8. The summed E-state index contributed by atoms with van der Waals surface area (Å²) in [5.74, 6) is -5.69. The van der Waals surface area contributed by atoms with Crippen LogP contribution in [0, 0.1) is 0 Å². The van der Waals surface area contributed by atoms with E-state index in [9.17, 15) is 33.6 Å². The van der Waals surface area contributed by atoms with Crippen molar-refractivity contribution >= 4 is 41.8 Å². The van der Waals surface area contributed by atoms with E-state index in [1.165, 1.54) is 0 Å². The number of carbonyl (C=O) groups excluding carboxylic acids is 7. The third kappa shape index (κ3) is 12.6. The molecule has 19 nitrogen and oxygen atoms in total. The molecule has 0 aliphatic carbocycles. The Bertz CT molecular complexity index is 1160. The second-order valence-electron chi connectivity index (χ2n) is 10.7. The van der Waals surface area contributed by atoms with E-state index in [1.54, 1.807) is 0 Å². The number of esters is 7. The zero-order valence-electron chi connectivity index (χ0n) is 27.7. The van der Waals surface area contributed by atoms with Crippen LogP contribution in [0.15, 0.2) is 0 Å². The summed E-state index contributed by atoms with van der Waals surface area (Å²) in [5.41, 5.74) is 5.62. The average molecular weight is 694 g/mol. The van der Waals surface area contributed by atoms with Gasteiger partial charge in [0.15, 0.2) is 30.7 Å². The molecule has 0 bridgehead atoms. The third-order valence-electron chi connectivity index (χ3n) is 6.51. The predicted octanol–water partition coefficient (Wildman–Crippen LogP) is -1.03. The Kier molecular flexibility index (Phi) is 16.1. The van der Waals surface area contributed by atoms with E-state index in [1.807, 2.05) is 0 Å². The minimum Gasteiger partial charge on any atom is -0.463 e. The molecule has 48 heavy (non-hydrogen) atoms. The molecule has 2 rings (SSSR count). The smallest absolute Gasteiger partial charge is 0.305 e. The third-order valence-corrected chi connectivity index (χ3v) is 6.51. The molecule has 0 unspecified atom stereocenters. The molecule has 2 heterocycles. The Morgan fingerprint density at radius 3 is 1.35 bits per heavy atom. The highest BCUT2D eigenvalue weighted by atomic mass is 16.8. The first-order chi connectivity index (χ1) is 22.5. The van der Waals surface area contributed by atoms with Gasteiger partial charge in [-0.05, 0) is 13.0 Å². The first-order valence-electron chi connectivity index (χ1n) is 14.9. The fourth-order valence-corrected chi connectivity index (χ4v) is 4.92. The minimum atomic E-state index is -1.67. The molecule has 0 saturated carbocycles. The van der Waals surface area contributed by atoms with Crippen LogP contribution in [0.1, 0.15) is 54.9 Å². The van der Waals surface area contributed by atoms with Crippen molar-refractivity contribution in [2.45, 2.75) is 116 Å². The molecular weight excluding hydrogens is 650 g/mol. The van der Waals surface area contributed by atoms with Crippen LogP contribution in [-0.2, 0) is 85.7 Å². The second kappa shape index (κ2) is 19.2. The Balaban J connectivity index is 2.56. The summed E-state index contributed by atoms with van der Waals surface area (Å²) in [7, 11) is 0. The fraction of sp³-hybridized carbons (Fsp3) is 0.759. The van der Waals surface area contributed by atoms with Gasteiger partial charge in [0.1, 0.15) is 24.9 Å². The van der Waals surface area contributed by atoms with E-state index in [2.05, 4.69) is 0 Å². The monoisotopic (exact) mass is 693 g/mol. The molecular formula is C29H43NO18. The van der Waals surface area contributed by atoms with E-state index >= 15 is 0 Å². The van der Waals surface area contributed by atoms with Gasteiger partial charge in [-0.2, -0.15) is 0 Å². The summed E-state index contributed by atoms with van der Waals surface area (Å²) in [4.78, 5) is 84.2. The molecule has 10 atom stereocenters. The number of hydrogen-bond acceptors (Lipinski definition) is 19. The van der Waals surface area contributed by atoms with Crippen LogP contribution in [0.2, 0.25) is 0 Å². The predicted molar refractivity (Wildman–Crippen MR) is 153 cm³/mol. The lowest BCUT2D eigenvalue weighted by atomic mass is 9.97. The van der Waals surface area contributed by atoms with E-state index < -0.39 is 116 Å². The Hall–Kier alpha value is -3.91. The van der Waals surface area contributed by atoms with Crippen LogP contribution in [0.5, 0.6) is 0 Å². The van der Waals surface area contributed by atoms with Crippen molar-refractivity contribution in [3.63, 3.8) is 0 Å². The van der Waals surface area contributed by atoms with Crippen molar-refractivity contribution in [2.24, 2.45) is 5.73 Å². The van der Waals surface area contributed by atoms with Crippen LogP contribution >= 0.6 is 0 Å². The van der Waals surface area contributed by atoms with E-state index in [0.717, 1.165) is 48.5 Å². The molecule has 19 heteroatoms. The van der Waals surface area contributed by atoms with Crippen LogP contribution < -0.4 is 5.73 Å². The minimum absolute atomic E-state index is 0.00662.